The Bertz CT molecular complexity index is 384. The summed E-state index contributed by atoms with van der Waals surface area (Å²) in [4.78, 5) is 11.1. The van der Waals surface area contributed by atoms with Crippen LogP contribution in [0.4, 0.5) is 10.1 Å². The number of nitrogens with one attached hydrogen (secondary N) is 1. The van der Waals surface area contributed by atoms with Gasteiger partial charge in [0.2, 0.25) is 0 Å². The number of methoxy groups -OCH3 is 1. The Balaban J connectivity index is 2.80. The average Bonchev–Trinajstić information content (AvgIpc) is 2.27. The highest BCUT2D eigenvalue weighted by Gasteiger charge is 2.25. The fourth-order valence-electron chi connectivity index (χ4n) is 1.55. The highest BCUT2D eigenvalue weighted by molar-refractivity contribution is 5.77. The maximum atomic E-state index is 13.4. The van der Waals surface area contributed by atoms with Crippen molar-refractivity contribution in [1.29, 1.82) is 0 Å². The molecule has 0 fully saturated rings. The number of benzene rings is 1. The topological polar surface area (TPSA) is 58.6 Å². The van der Waals surface area contributed by atoms with Crippen LogP contribution in [0.25, 0.3) is 0 Å². The Morgan fingerprint density at radius 2 is 2.18 bits per heavy atom. The molecule has 0 amide bonds. The molecule has 0 saturated carbocycles. The van der Waals surface area contributed by atoms with Gasteiger partial charge < -0.3 is 15.2 Å². The van der Waals surface area contributed by atoms with E-state index in [1.807, 2.05) is 0 Å². The van der Waals surface area contributed by atoms with E-state index < -0.39 is 17.8 Å². The van der Waals surface area contributed by atoms with Gasteiger partial charge >= 0.3 is 5.97 Å². The van der Waals surface area contributed by atoms with Crippen LogP contribution in [0.5, 0.6) is 0 Å². The summed E-state index contributed by atoms with van der Waals surface area (Å²) in [6, 6.07) is 5.10. The van der Waals surface area contributed by atoms with Crippen molar-refractivity contribution in [2.24, 2.45) is 5.92 Å². The van der Waals surface area contributed by atoms with E-state index in [4.69, 9.17) is 9.84 Å². The third-order valence-corrected chi connectivity index (χ3v) is 2.45. The fourth-order valence-corrected chi connectivity index (χ4v) is 1.55. The van der Waals surface area contributed by atoms with Gasteiger partial charge in [-0.15, -0.1) is 0 Å². The minimum Gasteiger partial charge on any atom is -0.480 e. The van der Waals surface area contributed by atoms with E-state index >= 15 is 0 Å². The Morgan fingerprint density at radius 3 is 2.71 bits per heavy atom. The molecule has 1 rings (SSSR count). The molecule has 0 aliphatic carbocycles. The number of hydrogen-bond acceptors (Lipinski definition) is 3. The third kappa shape index (κ3) is 3.71. The van der Waals surface area contributed by atoms with Gasteiger partial charge in [-0.3, -0.25) is 0 Å². The summed E-state index contributed by atoms with van der Waals surface area (Å²) >= 11 is 0. The summed E-state index contributed by atoms with van der Waals surface area (Å²) in [5.41, 5.74) is 0.183. The van der Waals surface area contributed by atoms with Crippen LogP contribution >= 0.6 is 0 Å². The van der Waals surface area contributed by atoms with E-state index in [1.54, 1.807) is 19.1 Å². The van der Waals surface area contributed by atoms with E-state index in [9.17, 15) is 9.18 Å². The molecule has 17 heavy (non-hydrogen) atoms. The molecule has 2 unspecified atom stereocenters. The number of anilines is 1. The molecule has 4 nitrogen and oxygen atoms in total. The summed E-state index contributed by atoms with van der Waals surface area (Å²) in [5.74, 6) is -1.77. The predicted molar refractivity (Wildman–Crippen MR) is 62.5 cm³/mol. The minimum absolute atomic E-state index is 0.183. The van der Waals surface area contributed by atoms with E-state index in [0.717, 1.165) is 0 Å². The van der Waals surface area contributed by atoms with Gasteiger partial charge in [0.1, 0.15) is 11.9 Å². The van der Waals surface area contributed by atoms with Crippen LogP contribution < -0.4 is 5.32 Å². The van der Waals surface area contributed by atoms with Crippen LogP contribution in [0, 0.1) is 11.7 Å². The summed E-state index contributed by atoms with van der Waals surface area (Å²) in [6.07, 6.45) is 0. The van der Waals surface area contributed by atoms with Crippen LogP contribution in [0.1, 0.15) is 6.92 Å². The van der Waals surface area contributed by atoms with Crippen molar-refractivity contribution < 1.29 is 19.0 Å². The van der Waals surface area contributed by atoms with Gasteiger partial charge in [-0.2, -0.15) is 0 Å². The lowest BCUT2D eigenvalue weighted by atomic mass is 10.0. The molecule has 1 aromatic rings. The second-order valence-corrected chi connectivity index (χ2v) is 3.87. The molecule has 0 radical (unpaired) electrons. The second kappa shape index (κ2) is 6.20. The lowest BCUT2D eigenvalue weighted by Crippen LogP contribution is -2.37. The van der Waals surface area contributed by atoms with Gasteiger partial charge in [-0.05, 0) is 12.1 Å². The van der Waals surface area contributed by atoms with E-state index in [1.165, 1.54) is 19.2 Å². The summed E-state index contributed by atoms with van der Waals surface area (Å²) < 4.78 is 18.3. The first-order valence-electron chi connectivity index (χ1n) is 5.29. The zero-order valence-corrected chi connectivity index (χ0v) is 9.81. The van der Waals surface area contributed by atoms with Gasteiger partial charge in [-0.25, -0.2) is 9.18 Å². The minimum atomic E-state index is -1.03. The molecule has 0 aliphatic rings. The SMILES string of the molecule is COCC(C)C(Nc1ccccc1F)C(=O)O. The fraction of sp³-hybridized carbons (Fsp3) is 0.417. The van der Waals surface area contributed by atoms with Crippen molar-refractivity contribution in [3.05, 3.63) is 30.1 Å². The van der Waals surface area contributed by atoms with E-state index in [-0.39, 0.29) is 11.6 Å². The number of rotatable bonds is 6. The van der Waals surface area contributed by atoms with Gasteiger partial charge in [-0.1, -0.05) is 19.1 Å². The van der Waals surface area contributed by atoms with Crippen LogP contribution in [0.3, 0.4) is 0 Å². The normalized spacial score (nSPS) is 14.1. The Kier molecular flexibility index (Phi) is 4.90. The van der Waals surface area contributed by atoms with Crippen molar-refractivity contribution >= 4 is 11.7 Å². The molecule has 0 bridgehead atoms. The number of halogens is 1. The van der Waals surface area contributed by atoms with Gasteiger partial charge in [0.25, 0.3) is 0 Å². The highest BCUT2D eigenvalue weighted by Crippen LogP contribution is 2.17. The van der Waals surface area contributed by atoms with Crippen molar-refractivity contribution in [3.8, 4) is 0 Å². The number of carboxylic acids is 1. The highest BCUT2D eigenvalue weighted by atomic mass is 19.1. The third-order valence-electron chi connectivity index (χ3n) is 2.45. The van der Waals surface area contributed by atoms with Crippen LogP contribution in [0.15, 0.2) is 24.3 Å². The molecule has 0 aromatic heterocycles. The molecule has 0 spiro atoms. The van der Waals surface area contributed by atoms with E-state index in [0.29, 0.717) is 6.61 Å². The number of carbonyl (C=O) groups is 1. The first kappa shape index (κ1) is 13.4. The van der Waals surface area contributed by atoms with E-state index in [2.05, 4.69) is 5.32 Å². The van der Waals surface area contributed by atoms with Gasteiger partial charge in [0, 0.05) is 13.0 Å². The number of hydrogen-bond donors (Lipinski definition) is 2. The van der Waals surface area contributed by atoms with Gasteiger partial charge in [0.15, 0.2) is 0 Å². The molecule has 94 valence electrons. The largest absolute Gasteiger partial charge is 0.480 e. The smallest absolute Gasteiger partial charge is 0.326 e. The molecule has 0 heterocycles. The number of carboxylic acid groups (broad SMARTS) is 1. The maximum Gasteiger partial charge on any atom is 0.326 e. The van der Waals surface area contributed by atoms with Crippen molar-refractivity contribution in [3.63, 3.8) is 0 Å². The van der Waals surface area contributed by atoms with Gasteiger partial charge in [0.05, 0.1) is 12.3 Å². The first-order chi connectivity index (χ1) is 8.06. The Hall–Kier alpha value is -1.62. The monoisotopic (exact) mass is 241 g/mol. The zero-order valence-electron chi connectivity index (χ0n) is 9.81. The Morgan fingerprint density at radius 1 is 1.53 bits per heavy atom. The summed E-state index contributed by atoms with van der Waals surface area (Å²) in [7, 11) is 1.50. The molecule has 0 saturated heterocycles. The van der Waals surface area contributed by atoms with Crippen molar-refractivity contribution in [2.75, 3.05) is 19.0 Å². The molecular formula is C12H16FNO3. The number of ether oxygens (including phenoxy) is 1. The average molecular weight is 241 g/mol. The Labute approximate surface area is 99.4 Å². The number of aliphatic carboxylic acids is 1. The summed E-state index contributed by atoms with van der Waals surface area (Å²) in [6.45, 7) is 2.02. The standard InChI is InChI=1S/C12H16FNO3/c1-8(7-17-2)11(12(15)16)14-10-6-4-3-5-9(10)13/h3-6,8,11,14H,7H2,1-2H3,(H,15,16). The van der Waals surface area contributed by atoms with Crippen molar-refractivity contribution in [2.45, 2.75) is 13.0 Å². The molecule has 5 heteroatoms. The zero-order chi connectivity index (χ0) is 12.8. The molecule has 2 N–H and O–H groups in total. The molecule has 1 aromatic carbocycles. The lowest BCUT2D eigenvalue weighted by Gasteiger charge is -2.22. The number of para-hydroxylation sites is 1. The van der Waals surface area contributed by atoms with Crippen LogP contribution in [-0.2, 0) is 9.53 Å². The second-order valence-electron chi connectivity index (χ2n) is 3.87. The van der Waals surface area contributed by atoms with Crippen molar-refractivity contribution in [1.82, 2.24) is 0 Å². The summed E-state index contributed by atoms with van der Waals surface area (Å²) in [5, 5.41) is 11.8. The predicted octanol–water partition coefficient (Wildman–Crippen LogP) is 1.97. The molecule has 0 aliphatic heterocycles. The molecule has 2 atom stereocenters. The lowest BCUT2D eigenvalue weighted by molar-refractivity contribution is -0.139. The quantitative estimate of drug-likeness (QED) is 0.799. The molecular weight excluding hydrogens is 225 g/mol. The first-order valence-corrected chi connectivity index (χ1v) is 5.29. The van der Waals surface area contributed by atoms with Crippen LogP contribution in [0.2, 0.25) is 0 Å². The maximum absolute atomic E-state index is 13.4. The van der Waals surface area contributed by atoms with Crippen LogP contribution in [-0.4, -0.2) is 30.8 Å².